The van der Waals surface area contributed by atoms with Crippen molar-refractivity contribution in [3.05, 3.63) is 33.8 Å². The van der Waals surface area contributed by atoms with Gasteiger partial charge in [0.15, 0.2) is 0 Å². The van der Waals surface area contributed by atoms with Crippen LogP contribution in [0.2, 0.25) is 10.0 Å². The largest absolute Gasteiger partial charge is 0.378 e. The van der Waals surface area contributed by atoms with E-state index in [0.717, 1.165) is 10.5 Å². The molecule has 2 aliphatic rings. The molecular weight excluding hydrogens is 421 g/mol. The van der Waals surface area contributed by atoms with Gasteiger partial charge in [0, 0.05) is 33.2 Å². The summed E-state index contributed by atoms with van der Waals surface area (Å²) in [6.07, 6.45) is 0. The molecule has 3 rings (SSSR count). The van der Waals surface area contributed by atoms with E-state index < -0.39 is 23.5 Å². The lowest BCUT2D eigenvalue weighted by molar-refractivity contribution is -0.146. The highest BCUT2D eigenvalue weighted by atomic mass is 35.5. The summed E-state index contributed by atoms with van der Waals surface area (Å²) in [6, 6.07) is 5.00. The summed E-state index contributed by atoms with van der Waals surface area (Å²) >= 11 is 11.9. The van der Waals surface area contributed by atoms with Gasteiger partial charge in [-0.25, -0.2) is 0 Å². The third kappa shape index (κ3) is 4.88. The Bertz CT molecular complexity index is 841. The molecular formula is C19H21Cl2N3O5. The average molecular weight is 442 g/mol. The molecule has 29 heavy (non-hydrogen) atoms. The van der Waals surface area contributed by atoms with Crippen molar-refractivity contribution in [1.82, 2.24) is 14.7 Å². The van der Waals surface area contributed by atoms with Crippen molar-refractivity contribution in [2.75, 3.05) is 46.4 Å². The van der Waals surface area contributed by atoms with E-state index in [1.807, 2.05) is 0 Å². The van der Waals surface area contributed by atoms with Crippen LogP contribution in [-0.4, -0.2) is 84.6 Å². The molecule has 1 atom stereocenters. The fourth-order valence-corrected chi connectivity index (χ4v) is 3.67. The molecule has 3 amide bonds. The van der Waals surface area contributed by atoms with Crippen LogP contribution in [0.15, 0.2) is 18.2 Å². The summed E-state index contributed by atoms with van der Waals surface area (Å²) in [5, 5.41) is 0.770. The number of halogens is 2. The maximum absolute atomic E-state index is 12.7. The molecule has 0 spiro atoms. The van der Waals surface area contributed by atoms with Gasteiger partial charge in [0.2, 0.25) is 17.6 Å². The van der Waals surface area contributed by atoms with Crippen LogP contribution in [0.3, 0.4) is 0 Å². The summed E-state index contributed by atoms with van der Waals surface area (Å²) in [4.78, 5) is 53.8. The fourth-order valence-electron chi connectivity index (χ4n) is 3.35. The summed E-state index contributed by atoms with van der Waals surface area (Å²) in [5.41, 5.74) is 0.742. The number of amides is 3. The second-order valence-corrected chi connectivity index (χ2v) is 7.85. The van der Waals surface area contributed by atoms with E-state index in [1.165, 1.54) is 4.90 Å². The molecule has 0 bridgehead atoms. The van der Waals surface area contributed by atoms with Gasteiger partial charge in [0.25, 0.3) is 5.91 Å². The zero-order chi connectivity index (χ0) is 21.1. The van der Waals surface area contributed by atoms with Crippen LogP contribution in [0.25, 0.3) is 0 Å². The maximum atomic E-state index is 12.7. The van der Waals surface area contributed by atoms with Gasteiger partial charge >= 0.3 is 0 Å². The number of carbonyl (C=O) groups excluding carboxylic acids is 4. The van der Waals surface area contributed by atoms with Gasteiger partial charge in [0.1, 0.15) is 12.5 Å². The van der Waals surface area contributed by atoms with Crippen molar-refractivity contribution >= 4 is 46.7 Å². The third-order valence-electron chi connectivity index (χ3n) is 4.99. The Morgan fingerprint density at radius 1 is 1.17 bits per heavy atom. The number of morpholine rings is 1. The minimum Gasteiger partial charge on any atom is -0.378 e. The van der Waals surface area contributed by atoms with Crippen LogP contribution in [-0.2, 0) is 30.5 Å². The number of ether oxygens (including phenoxy) is 1. The van der Waals surface area contributed by atoms with E-state index >= 15 is 0 Å². The van der Waals surface area contributed by atoms with Gasteiger partial charge in [-0.15, -0.1) is 0 Å². The second-order valence-electron chi connectivity index (χ2n) is 7.04. The number of rotatable bonds is 5. The molecule has 10 heteroatoms. The van der Waals surface area contributed by atoms with Gasteiger partial charge in [-0.05, 0) is 17.7 Å². The van der Waals surface area contributed by atoms with E-state index in [0.29, 0.717) is 36.3 Å². The molecule has 2 saturated heterocycles. The zero-order valence-corrected chi connectivity index (χ0v) is 17.4. The molecule has 0 saturated carbocycles. The molecule has 0 radical (unpaired) electrons. The topological polar surface area (TPSA) is 87.2 Å². The molecule has 2 aliphatic heterocycles. The first kappa shape index (κ1) is 21.5. The first-order valence-corrected chi connectivity index (χ1v) is 9.91. The Balaban J connectivity index is 1.61. The van der Waals surface area contributed by atoms with Gasteiger partial charge in [-0.3, -0.25) is 19.2 Å². The number of nitrogens with zero attached hydrogens (tertiary/aromatic N) is 3. The molecule has 2 heterocycles. The molecule has 0 aromatic heterocycles. The van der Waals surface area contributed by atoms with Crippen molar-refractivity contribution in [3.63, 3.8) is 0 Å². The van der Waals surface area contributed by atoms with Gasteiger partial charge in [-0.2, -0.15) is 0 Å². The highest BCUT2D eigenvalue weighted by molar-refractivity contribution is 6.43. The summed E-state index contributed by atoms with van der Waals surface area (Å²) in [7, 11) is 1.55. The lowest BCUT2D eigenvalue weighted by Crippen LogP contribution is -2.46. The van der Waals surface area contributed by atoms with E-state index in [9.17, 15) is 19.2 Å². The van der Waals surface area contributed by atoms with Crippen LogP contribution < -0.4 is 0 Å². The summed E-state index contributed by atoms with van der Waals surface area (Å²) in [6.45, 7) is 1.68. The van der Waals surface area contributed by atoms with Crippen LogP contribution in [0.1, 0.15) is 5.56 Å². The average Bonchev–Trinajstić information content (AvgIpc) is 2.99. The number of likely N-dealkylation sites (tertiary alicyclic amines) is 1. The van der Waals surface area contributed by atoms with Gasteiger partial charge in [0.05, 0.1) is 23.3 Å². The van der Waals surface area contributed by atoms with Gasteiger partial charge in [-0.1, -0.05) is 29.3 Å². The molecule has 156 valence electrons. The lowest BCUT2D eigenvalue weighted by atomic mass is 10.1. The number of hydrogen-bond acceptors (Lipinski definition) is 5. The number of ketones is 1. The van der Waals surface area contributed by atoms with E-state index in [2.05, 4.69) is 0 Å². The fraction of sp³-hybridized carbons (Fsp3) is 0.474. The molecule has 1 unspecified atom stereocenters. The van der Waals surface area contributed by atoms with Crippen LogP contribution >= 0.6 is 23.2 Å². The van der Waals surface area contributed by atoms with E-state index in [1.54, 1.807) is 30.1 Å². The number of benzene rings is 1. The minimum atomic E-state index is -1.12. The minimum absolute atomic E-state index is 0.0989. The molecule has 1 aromatic carbocycles. The number of carbonyl (C=O) groups is 4. The van der Waals surface area contributed by atoms with Crippen LogP contribution in [0.4, 0.5) is 0 Å². The number of hydrogen-bond donors (Lipinski definition) is 0. The second kappa shape index (κ2) is 9.11. The first-order chi connectivity index (χ1) is 13.8. The monoisotopic (exact) mass is 441 g/mol. The first-order valence-electron chi connectivity index (χ1n) is 9.15. The predicted octanol–water partition coefficient (Wildman–Crippen LogP) is 0.838. The summed E-state index contributed by atoms with van der Waals surface area (Å²) in [5.74, 6) is -3.44. The molecule has 8 nitrogen and oxygen atoms in total. The Morgan fingerprint density at radius 3 is 2.52 bits per heavy atom. The van der Waals surface area contributed by atoms with E-state index in [4.69, 9.17) is 27.9 Å². The summed E-state index contributed by atoms with van der Waals surface area (Å²) < 4.78 is 5.20. The Labute approximate surface area is 178 Å². The van der Waals surface area contributed by atoms with Crippen LogP contribution in [0, 0.1) is 5.92 Å². The van der Waals surface area contributed by atoms with E-state index in [-0.39, 0.29) is 25.5 Å². The Hall–Kier alpha value is -2.16. The standard InChI is InChI=1S/C19H21Cl2N3O5/c1-22(9-12-2-3-14(20)15(21)8-12)18(27)13-10-24(19(28)17(13)26)11-16(25)23-4-6-29-7-5-23/h2-3,8,13H,4-7,9-11H2,1H3. The SMILES string of the molecule is CN(Cc1ccc(Cl)c(Cl)c1)C(=O)C1CN(CC(=O)N2CCOCC2)C(=O)C1=O. The molecule has 2 fully saturated rings. The van der Waals surface area contributed by atoms with Crippen molar-refractivity contribution in [3.8, 4) is 0 Å². The highest BCUT2D eigenvalue weighted by Crippen LogP contribution is 2.24. The molecule has 0 aliphatic carbocycles. The highest BCUT2D eigenvalue weighted by Gasteiger charge is 2.45. The Morgan fingerprint density at radius 2 is 1.86 bits per heavy atom. The maximum Gasteiger partial charge on any atom is 0.291 e. The molecule has 1 aromatic rings. The lowest BCUT2D eigenvalue weighted by Gasteiger charge is -2.28. The smallest absolute Gasteiger partial charge is 0.291 e. The van der Waals surface area contributed by atoms with Crippen molar-refractivity contribution in [1.29, 1.82) is 0 Å². The van der Waals surface area contributed by atoms with Gasteiger partial charge < -0.3 is 19.4 Å². The Kier molecular flexibility index (Phi) is 6.77. The predicted molar refractivity (Wildman–Crippen MR) is 105 cm³/mol. The van der Waals surface area contributed by atoms with Crippen molar-refractivity contribution in [2.24, 2.45) is 5.92 Å². The van der Waals surface area contributed by atoms with Crippen molar-refractivity contribution < 1.29 is 23.9 Å². The quantitative estimate of drug-likeness (QED) is 0.498. The number of Topliss-reactive ketones (excluding diaryl/α,β-unsaturated/α-hetero) is 1. The zero-order valence-electron chi connectivity index (χ0n) is 15.9. The van der Waals surface area contributed by atoms with Crippen LogP contribution in [0.5, 0.6) is 0 Å². The normalized spacial score (nSPS) is 19.6. The third-order valence-corrected chi connectivity index (χ3v) is 5.72. The van der Waals surface area contributed by atoms with Crippen molar-refractivity contribution in [2.45, 2.75) is 6.54 Å². The molecule has 0 N–H and O–H groups in total.